The van der Waals surface area contributed by atoms with Crippen molar-refractivity contribution in [2.75, 3.05) is 32.7 Å². The first-order valence-electron chi connectivity index (χ1n) is 7.02. The molecule has 0 radical (unpaired) electrons. The van der Waals surface area contributed by atoms with Gasteiger partial charge >= 0.3 is 0 Å². The maximum absolute atomic E-state index is 13.6. The third kappa shape index (κ3) is 3.98. The van der Waals surface area contributed by atoms with E-state index in [-0.39, 0.29) is 12.0 Å². The van der Waals surface area contributed by atoms with Gasteiger partial charge in [-0.25, -0.2) is 8.78 Å². The summed E-state index contributed by atoms with van der Waals surface area (Å²) in [6, 6.07) is 6.87. The summed E-state index contributed by atoms with van der Waals surface area (Å²) >= 11 is 0. The number of rotatable bonds is 5. The number of hydrogen-bond donors (Lipinski definition) is 1. The van der Waals surface area contributed by atoms with Gasteiger partial charge in [-0.05, 0) is 18.1 Å². The average molecular weight is 268 g/mol. The average Bonchev–Trinajstić information content (AvgIpc) is 2.46. The molecule has 1 fully saturated rings. The van der Waals surface area contributed by atoms with Crippen LogP contribution in [0.2, 0.25) is 0 Å². The first-order valence-corrected chi connectivity index (χ1v) is 7.02. The molecule has 1 aliphatic rings. The number of nitrogens with zero attached hydrogens (tertiary/aromatic N) is 1. The van der Waals surface area contributed by atoms with Crippen LogP contribution in [0.1, 0.15) is 24.5 Å². The molecule has 1 aliphatic heterocycles. The number of hydrogen-bond acceptors (Lipinski definition) is 2. The molecule has 2 nitrogen and oxygen atoms in total. The zero-order chi connectivity index (χ0) is 13.7. The fraction of sp³-hybridized carbons (Fsp3) is 0.600. The zero-order valence-corrected chi connectivity index (χ0v) is 11.5. The van der Waals surface area contributed by atoms with Crippen LogP contribution in [-0.2, 0) is 12.3 Å². The summed E-state index contributed by atoms with van der Waals surface area (Å²) in [7, 11) is 0. The maximum Gasteiger partial charge on any atom is 0.273 e. The van der Waals surface area contributed by atoms with Gasteiger partial charge < -0.3 is 10.2 Å². The molecule has 1 heterocycles. The van der Waals surface area contributed by atoms with E-state index in [9.17, 15) is 8.78 Å². The van der Waals surface area contributed by atoms with E-state index in [4.69, 9.17) is 0 Å². The lowest BCUT2D eigenvalue weighted by Gasteiger charge is -2.27. The molecule has 0 unspecified atom stereocenters. The minimum atomic E-state index is -2.70. The van der Waals surface area contributed by atoms with Gasteiger partial charge in [-0.15, -0.1) is 0 Å². The maximum atomic E-state index is 13.6. The Bertz CT molecular complexity index is 401. The Balaban J connectivity index is 1.95. The van der Waals surface area contributed by atoms with Crippen LogP contribution in [0.3, 0.4) is 0 Å². The quantitative estimate of drug-likeness (QED) is 0.883. The van der Waals surface area contributed by atoms with Crippen LogP contribution >= 0.6 is 0 Å². The number of alkyl halides is 2. The molecule has 0 spiro atoms. The summed E-state index contributed by atoms with van der Waals surface area (Å²) in [5.41, 5.74) is 1.15. The van der Waals surface area contributed by atoms with Crippen molar-refractivity contribution in [1.29, 1.82) is 0 Å². The van der Waals surface area contributed by atoms with Gasteiger partial charge in [0.25, 0.3) is 5.92 Å². The lowest BCUT2D eigenvalue weighted by Crippen LogP contribution is -2.44. The summed E-state index contributed by atoms with van der Waals surface area (Å²) in [4.78, 5) is 2.38. The Morgan fingerprint density at radius 3 is 2.68 bits per heavy atom. The summed E-state index contributed by atoms with van der Waals surface area (Å²) in [6.45, 7) is 6.60. The van der Waals surface area contributed by atoms with Crippen molar-refractivity contribution in [2.24, 2.45) is 0 Å². The third-order valence-electron chi connectivity index (χ3n) is 3.72. The number of piperazine rings is 1. The van der Waals surface area contributed by atoms with Gasteiger partial charge in [0, 0.05) is 44.7 Å². The Kier molecular flexibility index (Phi) is 4.88. The molecular formula is C15H22F2N2. The van der Waals surface area contributed by atoms with Crippen LogP contribution in [-0.4, -0.2) is 37.6 Å². The fourth-order valence-corrected chi connectivity index (χ4v) is 2.38. The minimum Gasteiger partial charge on any atom is -0.314 e. The van der Waals surface area contributed by atoms with Crippen LogP contribution < -0.4 is 5.32 Å². The van der Waals surface area contributed by atoms with Crippen LogP contribution in [0.4, 0.5) is 8.78 Å². The molecule has 0 amide bonds. The van der Waals surface area contributed by atoms with Crippen molar-refractivity contribution < 1.29 is 8.78 Å². The van der Waals surface area contributed by atoms with Crippen molar-refractivity contribution in [1.82, 2.24) is 10.2 Å². The monoisotopic (exact) mass is 268 g/mol. The molecule has 0 atom stereocenters. The van der Waals surface area contributed by atoms with Crippen molar-refractivity contribution in [3.05, 3.63) is 35.4 Å². The van der Waals surface area contributed by atoms with Gasteiger partial charge in [0.15, 0.2) is 0 Å². The highest BCUT2D eigenvalue weighted by atomic mass is 19.3. The molecule has 1 N–H and O–H groups in total. The number of nitrogens with one attached hydrogen (secondary N) is 1. The first kappa shape index (κ1) is 14.4. The van der Waals surface area contributed by atoms with E-state index in [1.54, 1.807) is 12.1 Å². The SMILES string of the molecule is CCC(F)(F)c1cccc(CCN2CCNCC2)c1. The highest BCUT2D eigenvalue weighted by Crippen LogP contribution is 2.31. The second-order valence-electron chi connectivity index (χ2n) is 5.10. The van der Waals surface area contributed by atoms with Gasteiger partial charge in [-0.2, -0.15) is 0 Å². The van der Waals surface area contributed by atoms with Gasteiger partial charge in [0.05, 0.1) is 0 Å². The minimum absolute atomic E-state index is 0.145. The smallest absolute Gasteiger partial charge is 0.273 e. The Labute approximate surface area is 113 Å². The lowest BCUT2D eigenvalue weighted by atomic mass is 10.0. The predicted molar refractivity (Wildman–Crippen MR) is 73.6 cm³/mol. The molecule has 1 aromatic carbocycles. The number of benzene rings is 1. The van der Waals surface area contributed by atoms with Crippen molar-refractivity contribution in [3.8, 4) is 0 Å². The van der Waals surface area contributed by atoms with Crippen molar-refractivity contribution in [3.63, 3.8) is 0 Å². The number of halogens is 2. The van der Waals surface area contributed by atoms with Crippen LogP contribution in [0.15, 0.2) is 24.3 Å². The molecule has 1 aromatic rings. The molecule has 106 valence electrons. The second-order valence-corrected chi connectivity index (χ2v) is 5.10. The Hall–Kier alpha value is -1.00. The molecule has 2 rings (SSSR count). The molecule has 4 heteroatoms. The van der Waals surface area contributed by atoms with E-state index in [1.165, 1.54) is 13.0 Å². The Morgan fingerprint density at radius 1 is 1.26 bits per heavy atom. The van der Waals surface area contributed by atoms with Crippen LogP contribution in [0.25, 0.3) is 0 Å². The van der Waals surface area contributed by atoms with Gasteiger partial charge in [-0.1, -0.05) is 25.1 Å². The largest absolute Gasteiger partial charge is 0.314 e. The summed E-state index contributed by atoms with van der Waals surface area (Å²) in [5, 5.41) is 3.31. The topological polar surface area (TPSA) is 15.3 Å². The van der Waals surface area contributed by atoms with E-state index >= 15 is 0 Å². The summed E-state index contributed by atoms with van der Waals surface area (Å²) in [6.07, 6.45) is 0.696. The Morgan fingerprint density at radius 2 is 2.00 bits per heavy atom. The van der Waals surface area contributed by atoms with Gasteiger partial charge in [0.1, 0.15) is 0 Å². The predicted octanol–water partition coefficient (Wildman–Crippen LogP) is 2.64. The van der Waals surface area contributed by atoms with Gasteiger partial charge in [0.2, 0.25) is 0 Å². The van der Waals surface area contributed by atoms with Crippen LogP contribution in [0.5, 0.6) is 0 Å². The summed E-state index contributed by atoms with van der Waals surface area (Å²) in [5.74, 6) is -2.70. The second kappa shape index (κ2) is 6.44. The molecule has 19 heavy (non-hydrogen) atoms. The molecule has 0 saturated carbocycles. The third-order valence-corrected chi connectivity index (χ3v) is 3.72. The van der Waals surface area contributed by atoms with E-state index < -0.39 is 5.92 Å². The van der Waals surface area contributed by atoms with Gasteiger partial charge in [-0.3, -0.25) is 0 Å². The standard InChI is InChI=1S/C15H22F2N2/c1-2-15(16,17)14-5-3-4-13(12-14)6-9-19-10-7-18-8-11-19/h3-5,12,18H,2,6-11H2,1H3. The highest BCUT2D eigenvalue weighted by molar-refractivity contribution is 5.27. The van der Waals surface area contributed by atoms with E-state index in [2.05, 4.69) is 10.2 Å². The van der Waals surface area contributed by atoms with Crippen LogP contribution in [0, 0.1) is 0 Å². The summed E-state index contributed by atoms with van der Waals surface area (Å²) < 4.78 is 27.3. The molecule has 0 aliphatic carbocycles. The van der Waals surface area contributed by atoms with Crippen molar-refractivity contribution in [2.45, 2.75) is 25.7 Å². The molecule has 0 aromatic heterocycles. The normalized spacial score (nSPS) is 17.6. The first-order chi connectivity index (χ1) is 9.12. The lowest BCUT2D eigenvalue weighted by molar-refractivity contribution is -0.00836. The zero-order valence-electron chi connectivity index (χ0n) is 11.5. The molecular weight excluding hydrogens is 246 g/mol. The molecule has 1 saturated heterocycles. The van der Waals surface area contributed by atoms with E-state index in [0.717, 1.165) is 44.7 Å². The van der Waals surface area contributed by atoms with E-state index in [1.807, 2.05) is 6.07 Å². The highest BCUT2D eigenvalue weighted by Gasteiger charge is 2.28. The van der Waals surface area contributed by atoms with Crippen molar-refractivity contribution >= 4 is 0 Å². The fourth-order valence-electron chi connectivity index (χ4n) is 2.38. The molecule has 0 bridgehead atoms. The van der Waals surface area contributed by atoms with E-state index in [0.29, 0.717) is 0 Å².